The van der Waals surface area contributed by atoms with E-state index in [1.54, 1.807) is 18.3 Å². The molecule has 110 valence electrons. The first kappa shape index (κ1) is 15.0. The van der Waals surface area contributed by atoms with Gasteiger partial charge in [-0.25, -0.2) is 0 Å². The Hall–Kier alpha value is -1.36. The summed E-state index contributed by atoms with van der Waals surface area (Å²) in [6.07, 6.45) is 2.53. The molecular weight excluding hydrogens is 272 g/mol. The third kappa shape index (κ3) is 2.73. The van der Waals surface area contributed by atoms with E-state index < -0.39 is 6.04 Å². The molecule has 0 bridgehead atoms. The Morgan fingerprint density at radius 1 is 1.40 bits per heavy atom. The maximum Gasteiger partial charge on any atom is 0.246 e. The van der Waals surface area contributed by atoms with Gasteiger partial charge in [-0.3, -0.25) is 9.59 Å². The van der Waals surface area contributed by atoms with Crippen LogP contribution in [0, 0.1) is 0 Å². The number of carbonyl (C=O) groups excluding carboxylic acids is 2. The molecule has 4 nitrogen and oxygen atoms in total. The second-order valence-corrected chi connectivity index (χ2v) is 6.20. The van der Waals surface area contributed by atoms with Crippen molar-refractivity contribution in [3.63, 3.8) is 0 Å². The van der Waals surface area contributed by atoms with Crippen LogP contribution in [0.1, 0.15) is 51.0 Å². The summed E-state index contributed by atoms with van der Waals surface area (Å²) in [4.78, 5) is 27.7. The van der Waals surface area contributed by atoms with E-state index in [-0.39, 0.29) is 23.9 Å². The highest BCUT2D eigenvalue weighted by Crippen LogP contribution is 2.33. The number of hydrogen-bond acceptors (Lipinski definition) is 3. The van der Waals surface area contributed by atoms with Crippen molar-refractivity contribution < 1.29 is 9.59 Å². The zero-order valence-corrected chi connectivity index (χ0v) is 13.1. The minimum Gasteiger partial charge on any atom is -0.343 e. The fourth-order valence-electron chi connectivity index (χ4n) is 2.80. The fourth-order valence-corrected chi connectivity index (χ4v) is 3.66. The Balaban J connectivity index is 2.36. The van der Waals surface area contributed by atoms with Crippen molar-refractivity contribution in [2.45, 2.75) is 58.2 Å². The van der Waals surface area contributed by atoms with Gasteiger partial charge in [0.05, 0.1) is 6.04 Å². The number of amides is 2. The molecule has 0 radical (unpaired) electrons. The van der Waals surface area contributed by atoms with Crippen molar-refractivity contribution in [2.24, 2.45) is 0 Å². The van der Waals surface area contributed by atoms with Crippen molar-refractivity contribution in [3.05, 3.63) is 22.4 Å². The van der Waals surface area contributed by atoms with E-state index in [4.69, 9.17) is 0 Å². The fraction of sp³-hybridized carbons (Fsp3) is 0.600. The van der Waals surface area contributed by atoms with Gasteiger partial charge in [0.2, 0.25) is 11.8 Å². The Labute approximate surface area is 124 Å². The zero-order chi connectivity index (χ0) is 14.7. The highest BCUT2D eigenvalue weighted by atomic mass is 32.1. The molecule has 1 aromatic heterocycles. The van der Waals surface area contributed by atoms with Crippen LogP contribution in [0.15, 0.2) is 17.5 Å². The van der Waals surface area contributed by atoms with Crippen molar-refractivity contribution in [1.82, 2.24) is 10.2 Å². The predicted octanol–water partition coefficient (Wildman–Crippen LogP) is 2.71. The summed E-state index contributed by atoms with van der Waals surface area (Å²) < 4.78 is 0. The van der Waals surface area contributed by atoms with E-state index in [2.05, 4.69) is 18.3 Å². The van der Waals surface area contributed by atoms with Gasteiger partial charge in [-0.2, -0.15) is 0 Å². The van der Waals surface area contributed by atoms with Crippen LogP contribution in [0.4, 0.5) is 0 Å². The number of carbonyl (C=O) groups is 2. The second-order valence-electron chi connectivity index (χ2n) is 5.22. The van der Waals surface area contributed by atoms with E-state index in [9.17, 15) is 9.59 Å². The molecular formula is C15H22N2O2S. The predicted molar refractivity (Wildman–Crippen MR) is 80.5 cm³/mol. The molecule has 3 unspecified atom stereocenters. The lowest BCUT2D eigenvalue weighted by Crippen LogP contribution is -2.62. The molecule has 0 spiro atoms. The van der Waals surface area contributed by atoms with Gasteiger partial charge in [0.25, 0.3) is 0 Å². The number of nitrogens with zero attached hydrogens (tertiary/aromatic N) is 1. The number of rotatable bonds is 5. The third-order valence-electron chi connectivity index (χ3n) is 3.78. The molecule has 5 heteroatoms. The van der Waals surface area contributed by atoms with Crippen LogP contribution in [0.5, 0.6) is 0 Å². The van der Waals surface area contributed by atoms with Gasteiger partial charge in [-0.1, -0.05) is 26.3 Å². The van der Waals surface area contributed by atoms with Crippen molar-refractivity contribution in [1.29, 1.82) is 0 Å². The molecule has 0 saturated carbocycles. The Morgan fingerprint density at radius 2 is 2.15 bits per heavy atom. The smallest absolute Gasteiger partial charge is 0.246 e. The molecule has 1 fully saturated rings. The summed E-state index contributed by atoms with van der Waals surface area (Å²) in [6.45, 7) is 5.83. The SMILES string of the molecule is CCCC(c1cccs1)N1C(=O)C(C)NC(=O)C1CC. The summed E-state index contributed by atoms with van der Waals surface area (Å²) in [5.74, 6) is 0.000518. The molecule has 1 aromatic rings. The lowest BCUT2D eigenvalue weighted by molar-refractivity contribution is -0.152. The maximum absolute atomic E-state index is 12.6. The lowest BCUT2D eigenvalue weighted by Gasteiger charge is -2.42. The monoisotopic (exact) mass is 294 g/mol. The molecule has 1 saturated heterocycles. The lowest BCUT2D eigenvalue weighted by atomic mass is 9.99. The van der Waals surface area contributed by atoms with Crippen molar-refractivity contribution in [2.75, 3.05) is 0 Å². The molecule has 2 rings (SSSR count). The maximum atomic E-state index is 12.6. The Kier molecular flexibility index (Phi) is 4.81. The Morgan fingerprint density at radius 3 is 2.70 bits per heavy atom. The molecule has 3 atom stereocenters. The average molecular weight is 294 g/mol. The van der Waals surface area contributed by atoms with Gasteiger partial charge in [0.15, 0.2) is 0 Å². The number of thiophene rings is 1. The summed E-state index contributed by atoms with van der Waals surface area (Å²) in [5.41, 5.74) is 0. The third-order valence-corrected chi connectivity index (χ3v) is 4.75. The topological polar surface area (TPSA) is 49.4 Å². The van der Waals surface area contributed by atoms with Gasteiger partial charge < -0.3 is 10.2 Å². The first-order valence-corrected chi connectivity index (χ1v) is 8.14. The van der Waals surface area contributed by atoms with Crippen molar-refractivity contribution in [3.8, 4) is 0 Å². The zero-order valence-electron chi connectivity index (χ0n) is 12.3. The average Bonchev–Trinajstić information content (AvgIpc) is 2.94. The number of hydrogen-bond donors (Lipinski definition) is 1. The van der Waals surface area contributed by atoms with Gasteiger partial charge in [-0.15, -0.1) is 11.3 Å². The normalized spacial score (nSPS) is 24.6. The van der Waals surface area contributed by atoms with E-state index >= 15 is 0 Å². The van der Waals surface area contributed by atoms with Crippen molar-refractivity contribution >= 4 is 23.2 Å². The van der Waals surface area contributed by atoms with Gasteiger partial charge in [0, 0.05) is 4.88 Å². The first-order valence-electron chi connectivity index (χ1n) is 7.26. The standard InChI is InChI=1S/C15H22N2O2S/c1-4-7-12(13-8-6-9-20-13)17-11(5-2)14(18)16-10(3)15(17)19/h6,8-12H,4-5,7H2,1-3H3,(H,16,18). The van der Waals surface area contributed by atoms with E-state index in [0.717, 1.165) is 12.8 Å². The quantitative estimate of drug-likeness (QED) is 0.907. The van der Waals surface area contributed by atoms with Crippen LogP contribution in [-0.2, 0) is 9.59 Å². The number of piperazine rings is 1. The van der Waals surface area contributed by atoms with Gasteiger partial charge in [0.1, 0.15) is 12.1 Å². The molecule has 2 amide bonds. The molecule has 1 aliphatic rings. The minimum absolute atomic E-state index is 0.0194. The van der Waals surface area contributed by atoms with E-state index in [0.29, 0.717) is 6.42 Å². The van der Waals surface area contributed by atoms with Gasteiger partial charge in [-0.05, 0) is 31.2 Å². The van der Waals surface area contributed by atoms with Crippen LogP contribution in [0.3, 0.4) is 0 Å². The Bertz CT molecular complexity index is 472. The molecule has 0 aromatic carbocycles. The summed E-state index contributed by atoms with van der Waals surface area (Å²) >= 11 is 1.66. The van der Waals surface area contributed by atoms with E-state index in [1.165, 1.54) is 4.88 Å². The largest absolute Gasteiger partial charge is 0.343 e. The van der Waals surface area contributed by atoms with Crippen LogP contribution in [-0.4, -0.2) is 28.8 Å². The van der Waals surface area contributed by atoms with Crippen LogP contribution in [0.2, 0.25) is 0 Å². The summed E-state index contributed by atoms with van der Waals surface area (Å²) in [6, 6.07) is 3.30. The van der Waals surface area contributed by atoms with Gasteiger partial charge >= 0.3 is 0 Å². The number of nitrogens with one attached hydrogen (secondary N) is 1. The summed E-state index contributed by atoms with van der Waals surface area (Å²) in [7, 11) is 0. The first-order chi connectivity index (χ1) is 9.60. The van der Waals surface area contributed by atoms with Crippen LogP contribution < -0.4 is 5.32 Å². The molecule has 1 aliphatic heterocycles. The second kappa shape index (κ2) is 6.39. The molecule has 2 heterocycles. The molecule has 20 heavy (non-hydrogen) atoms. The highest BCUT2D eigenvalue weighted by Gasteiger charge is 2.41. The van der Waals surface area contributed by atoms with Crippen LogP contribution >= 0.6 is 11.3 Å². The molecule has 0 aliphatic carbocycles. The minimum atomic E-state index is -0.426. The van der Waals surface area contributed by atoms with E-state index in [1.807, 2.05) is 23.3 Å². The highest BCUT2D eigenvalue weighted by molar-refractivity contribution is 7.10. The van der Waals surface area contributed by atoms with Crippen LogP contribution in [0.25, 0.3) is 0 Å². The summed E-state index contributed by atoms with van der Waals surface area (Å²) in [5, 5.41) is 4.80. The molecule has 1 N–H and O–H groups in total.